The van der Waals surface area contributed by atoms with Crippen molar-refractivity contribution in [3.05, 3.63) is 45.5 Å². The number of thiazole rings is 1. The van der Waals surface area contributed by atoms with E-state index in [-0.39, 0.29) is 29.6 Å². The van der Waals surface area contributed by atoms with E-state index in [2.05, 4.69) is 34.4 Å². The van der Waals surface area contributed by atoms with Crippen LogP contribution >= 0.6 is 11.3 Å². The number of hydrogen-bond acceptors (Lipinski definition) is 7. The van der Waals surface area contributed by atoms with E-state index in [1.807, 2.05) is 26.0 Å². The second-order valence-corrected chi connectivity index (χ2v) is 10.7. The van der Waals surface area contributed by atoms with Gasteiger partial charge in [-0.15, -0.1) is 0 Å². The molecule has 0 radical (unpaired) electrons. The van der Waals surface area contributed by atoms with Crippen LogP contribution in [0.15, 0.2) is 18.2 Å². The van der Waals surface area contributed by atoms with Gasteiger partial charge in [-0.05, 0) is 44.9 Å². The first-order valence-electron chi connectivity index (χ1n) is 11.7. The second kappa shape index (κ2) is 9.93. The summed E-state index contributed by atoms with van der Waals surface area (Å²) in [5.74, 6) is -0.933. The normalized spacial score (nSPS) is 18.9. The molecular weight excluding hydrogens is 452 g/mol. The van der Waals surface area contributed by atoms with Gasteiger partial charge in [0, 0.05) is 43.6 Å². The molecule has 1 saturated heterocycles. The van der Waals surface area contributed by atoms with Crippen LogP contribution in [0.1, 0.15) is 57.1 Å². The van der Waals surface area contributed by atoms with Crippen LogP contribution in [-0.2, 0) is 16.0 Å². The number of ketones is 1. The molecule has 1 atom stereocenters. The predicted molar refractivity (Wildman–Crippen MR) is 132 cm³/mol. The van der Waals surface area contributed by atoms with Crippen LogP contribution in [0.3, 0.4) is 0 Å². The quantitative estimate of drug-likeness (QED) is 0.654. The number of hydrogen-bond donors (Lipinski definition) is 2. The van der Waals surface area contributed by atoms with E-state index in [4.69, 9.17) is 4.74 Å². The third-order valence-electron chi connectivity index (χ3n) is 6.83. The van der Waals surface area contributed by atoms with Crippen LogP contribution in [0.5, 0.6) is 0 Å². The van der Waals surface area contributed by atoms with E-state index in [9.17, 15) is 14.4 Å². The number of amides is 2. The van der Waals surface area contributed by atoms with Crippen LogP contribution in [-0.4, -0.2) is 65.9 Å². The zero-order chi connectivity index (χ0) is 24.5. The Bertz CT molecular complexity index is 1100. The average Bonchev–Trinajstić information content (AvgIpc) is 3.23. The molecule has 0 bridgehead atoms. The molecule has 1 aliphatic carbocycles. The number of nitrogens with one attached hydrogen (secondary N) is 2. The zero-order valence-electron chi connectivity index (χ0n) is 20.2. The summed E-state index contributed by atoms with van der Waals surface area (Å²) in [7, 11) is 0. The summed E-state index contributed by atoms with van der Waals surface area (Å²) >= 11 is 1.18. The van der Waals surface area contributed by atoms with Gasteiger partial charge in [-0.1, -0.05) is 23.5 Å². The summed E-state index contributed by atoms with van der Waals surface area (Å²) in [6.45, 7) is 11.6. The fourth-order valence-corrected chi connectivity index (χ4v) is 5.40. The number of aromatic nitrogens is 1. The first kappa shape index (κ1) is 24.5. The first-order chi connectivity index (χ1) is 16.2. The maximum absolute atomic E-state index is 12.9. The van der Waals surface area contributed by atoms with Crippen molar-refractivity contribution < 1.29 is 19.1 Å². The Morgan fingerprint density at radius 1 is 1.21 bits per heavy atom. The first-order valence-corrected chi connectivity index (χ1v) is 12.5. The molecule has 2 aromatic rings. The van der Waals surface area contributed by atoms with E-state index in [0.29, 0.717) is 47.4 Å². The minimum Gasteiger partial charge on any atom is -0.379 e. The molecule has 2 amide bonds. The number of carbonyl (C=O) groups is 3. The van der Waals surface area contributed by atoms with Gasteiger partial charge in [-0.3, -0.25) is 24.6 Å². The molecule has 2 aliphatic rings. The fourth-order valence-electron chi connectivity index (χ4n) is 4.46. The third-order valence-corrected chi connectivity index (χ3v) is 7.88. The number of ether oxygens (including phenoxy) is 1. The molecule has 1 aliphatic heterocycles. The Kier molecular flexibility index (Phi) is 7.16. The maximum atomic E-state index is 12.9. The molecule has 4 rings (SSSR count). The largest absolute Gasteiger partial charge is 0.379 e. The summed E-state index contributed by atoms with van der Waals surface area (Å²) < 4.78 is 5.42. The highest BCUT2D eigenvalue weighted by Gasteiger charge is 2.35. The Morgan fingerprint density at radius 3 is 2.68 bits per heavy atom. The van der Waals surface area contributed by atoms with Gasteiger partial charge in [0.1, 0.15) is 0 Å². The van der Waals surface area contributed by atoms with Gasteiger partial charge in [0.05, 0.1) is 29.7 Å². The van der Waals surface area contributed by atoms with Crippen molar-refractivity contribution in [1.29, 1.82) is 0 Å². The molecule has 1 aromatic heterocycles. The lowest BCUT2D eigenvalue weighted by atomic mass is 9.89. The highest BCUT2D eigenvalue weighted by molar-refractivity contribution is 7.17. The lowest BCUT2D eigenvalue weighted by Crippen LogP contribution is -2.56. The van der Waals surface area contributed by atoms with E-state index >= 15 is 0 Å². The summed E-state index contributed by atoms with van der Waals surface area (Å²) in [4.78, 5) is 45.8. The van der Waals surface area contributed by atoms with E-state index < -0.39 is 5.92 Å². The third kappa shape index (κ3) is 5.21. The van der Waals surface area contributed by atoms with Crippen molar-refractivity contribution in [2.24, 2.45) is 5.92 Å². The van der Waals surface area contributed by atoms with Crippen LogP contribution < -0.4 is 10.6 Å². The predicted octanol–water partition coefficient (Wildman–Crippen LogP) is 2.98. The number of aryl methyl sites for hydroxylation is 1. The standard InChI is InChI=1S/C25H32N4O4S/c1-15-6-5-7-18(16(15)2)23(32)28-24-27-19-12-17(13-20(30)21(19)34-24)22(31)26-14-25(3,4)29-8-10-33-11-9-29/h5-7,17H,8-14H2,1-4H3,(H,26,31)(H,27,28,32). The number of carbonyl (C=O) groups excluding carboxylic acids is 3. The Labute approximate surface area is 204 Å². The molecule has 2 heterocycles. The fraction of sp³-hybridized carbons (Fsp3) is 0.520. The second-order valence-electron chi connectivity index (χ2n) is 9.65. The van der Waals surface area contributed by atoms with Gasteiger partial charge >= 0.3 is 0 Å². The molecule has 1 fully saturated rings. The van der Waals surface area contributed by atoms with Crippen molar-refractivity contribution in [3.8, 4) is 0 Å². The van der Waals surface area contributed by atoms with Crippen molar-refractivity contribution in [1.82, 2.24) is 15.2 Å². The van der Waals surface area contributed by atoms with Crippen LogP contribution in [0.2, 0.25) is 0 Å². The Balaban J connectivity index is 1.39. The maximum Gasteiger partial charge on any atom is 0.257 e. The minimum atomic E-state index is -0.454. The number of morpholine rings is 1. The molecule has 8 nitrogen and oxygen atoms in total. The van der Waals surface area contributed by atoms with Crippen molar-refractivity contribution in [3.63, 3.8) is 0 Å². The topological polar surface area (TPSA) is 101 Å². The summed E-state index contributed by atoms with van der Waals surface area (Å²) in [5.41, 5.74) is 2.92. The summed E-state index contributed by atoms with van der Waals surface area (Å²) in [6.07, 6.45) is 0.546. The van der Waals surface area contributed by atoms with Gasteiger partial charge in [0.15, 0.2) is 10.9 Å². The number of benzene rings is 1. The Morgan fingerprint density at radius 2 is 1.94 bits per heavy atom. The Hall–Kier alpha value is -2.62. The molecule has 9 heteroatoms. The van der Waals surface area contributed by atoms with E-state index in [0.717, 1.165) is 24.2 Å². The number of fused-ring (bicyclic) bond motifs is 1. The van der Waals surface area contributed by atoms with Gasteiger partial charge < -0.3 is 10.1 Å². The monoisotopic (exact) mass is 484 g/mol. The molecule has 2 N–H and O–H groups in total. The number of nitrogens with zero attached hydrogens (tertiary/aromatic N) is 2. The summed E-state index contributed by atoms with van der Waals surface area (Å²) in [6, 6.07) is 5.58. The van der Waals surface area contributed by atoms with Crippen molar-refractivity contribution in [2.45, 2.75) is 46.1 Å². The van der Waals surface area contributed by atoms with E-state index in [1.54, 1.807) is 6.07 Å². The van der Waals surface area contributed by atoms with Gasteiger partial charge in [-0.2, -0.15) is 0 Å². The smallest absolute Gasteiger partial charge is 0.257 e. The lowest BCUT2D eigenvalue weighted by molar-refractivity contribution is -0.125. The molecule has 34 heavy (non-hydrogen) atoms. The van der Waals surface area contributed by atoms with Gasteiger partial charge in [0.2, 0.25) is 5.91 Å². The van der Waals surface area contributed by atoms with Crippen molar-refractivity contribution >= 4 is 34.1 Å². The molecule has 182 valence electrons. The van der Waals surface area contributed by atoms with Gasteiger partial charge in [-0.25, -0.2) is 4.98 Å². The molecular formula is C25H32N4O4S. The minimum absolute atomic E-state index is 0.0985. The highest BCUT2D eigenvalue weighted by atomic mass is 32.1. The molecule has 0 spiro atoms. The average molecular weight is 485 g/mol. The molecule has 1 aromatic carbocycles. The summed E-state index contributed by atoms with van der Waals surface area (Å²) in [5, 5.41) is 6.26. The SMILES string of the molecule is Cc1cccc(C(=O)Nc2nc3c(s2)C(=O)CC(C(=O)NCC(C)(C)N2CCOCC2)C3)c1C. The van der Waals surface area contributed by atoms with Crippen LogP contribution in [0.4, 0.5) is 5.13 Å². The highest BCUT2D eigenvalue weighted by Crippen LogP contribution is 2.33. The number of rotatable bonds is 6. The van der Waals surface area contributed by atoms with E-state index in [1.165, 1.54) is 11.3 Å². The van der Waals surface area contributed by atoms with Gasteiger partial charge in [0.25, 0.3) is 5.91 Å². The van der Waals surface area contributed by atoms with Crippen molar-refractivity contribution in [2.75, 3.05) is 38.2 Å². The molecule has 1 unspecified atom stereocenters. The molecule has 0 saturated carbocycles. The lowest BCUT2D eigenvalue weighted by Gasteiger charge is -2.41. The zero-order valence-corrected chi connectivity index (χ0v) is 21.0. The number of Topliss-reactive ketones (excluding diaryl/α,β-unsaturated/α-hetero) is 1. The van der Waals surface area contributed by atoms with Crippen LogP contribution in [0.25, 0.3) is 0 Å². The number of anilines is 1. The van der Waals surface area contributed by atoms with Crippen LogP contribution in [0, 0.1) is 19.8 Å².